The van der Waals surface area contributed by atoms with Crippen LogP contribution in [0.2, 0.25) is 15.1 Å². The lowest BCUT2D eigenvalue weighted by atomic mass is 9.79. The summed E-state index contributed by atoms with van der Waals surface area (Å²) >= 11 is 17.9. The number of halogens is 3. The van der Waals surface area contributed by atoms with Gasteiger partial charge in [-0.25, -0.2) is 14.4 Å². The summed E-state index contributed by atoms with van der Waals surface area (Å²) < 4.78 is 9.93. The SMILES string of the molecule is CC(COC(=O)c1c(Cl)c(Cl)cc(Cl)c1OC(=O)C(=O)O)CC1CCC1. The molecule has 1 aromatic rings. The van der Waals surface area contributed by atoms with E-state index in [9.17, 15) is 14.4 Å². The van der Waals surface area contributed by atoms with Gasteiger partial charge in [-0.1, -0.05) is 61.0 Å². The highest BCUT2D eigenvalue weighted by Gasteiger charge is 2.28. The number of carbonyl (C=O) groups excluding carboxylic acids is 2. The van der Waals surface area contributed by atoms with Crippen LogP contribution in [0.4, 0.5) is 0 Å². The molecule has 1 unspecified atom stereocenters. The topological polar surface area (TPSA) is 89.9 Å². The second-order valence-electron chi connectivity index (χ2n) is 6.29. The third kappa shape index (κ3) is 5.02. The van der Waals surface area contributed by atoms with Crippen molar-refractivity contribution >= 4 is 52.7 Å². The highest BCUT2D eigenvalue weighted by atomic mass is 35.5. The van der Waals surface area contributed by atoms with Gasteiger partial charge in [-0.05, 0) is 24.3 Å². The Balaban J connectivity index is 2.17. The van der Waals surface area contributed by atoms with Crippen molar-refractivity contribution in [2.24, 2.45) is 11.8 Å². The normalized spacial score (nSPS) is 15.1. The van der Waals surface area contributed by atoms with Crippen LogP contribution >= 0.6 is 34.8 Å². The van der Waals surface area contributed by atoms with E-state index in [1.165, 1.54) is 19.3 Å². The monoisotopic (exact) mass is 422 g/mol. The van der Waals surface area contributed by atoms with Gasteiger partial charge in [0.25, 0.3) is 0 Å². The molecule has 1 aliphatic carbocycles. The molecule has 0 heterocycles. The third-order valence-corrected chi connectivity index (χ3v) is 5.23. The number of benzene rings is 1. The van der Waals surface area contributed by atoms with Gasteiger partial charge in [0.2, 0.25) is 0 Å². The summed E-state index contributed by atoms with van der Waals surface area (Å²) in [4.78, 5) is 34.5. The van der Waals surface area contributed by atoms with E-state index in [-0.39, 0.29) is 33.2 Å². The van der Waals surface area contributed by atoms with E-state index in [0.717, 1.165) is 12.5 Å². The van der Waals surface area contributed by atoms with E-state index < -0.39 is 23.7 Å². The Morgan fingerprint density at radius 3 is 2.42 bits per heavy atom. The Labute approximate surface area is 165 Å². The molecule has 0 radical (unpaired) electrons. The second kappa shape index (κ2) is 8.93. The van der Waals surface area contributed by atoms with Gasteiger partial charge in [-0.2, -0.15) is 0 Å². The minimum atomic E-state index is -1.85. The maximum absolute atomic E-state index is 12.5. The smallest absolute Gasteiger partial charge is 0.422 e. The zero-order valence-electron chi connectivity index (χ0n) is 13.9. The predicted molar refractivity (Wildman–Crippen MR) is 96.1 cm³/mol. The van der Waals surface area contributed by atoms with Gasteiger partial charge < -0.3 is 14.6 Å². The van der Waals surface area contributed by atoms with Crippen molar-refractivity contribution in [3.05, 3.63) is 26.7 Å². The molecule has 0 aliphatic heterocycles. The molecule has 1 atom stereocenters. The highest BCUT2D eigenvalue weighted by Crippen LogP contribution is 2.40. The van der Waals surface area contributed by atoms with E-state index >= 15 is 0 Å². The standard InChI is InChI=1S/C17H17Cl3O6/c1-8(5-9-3-2-4-9)7-25-16(23)12-13(20)10(18)6-11(19)14(12)26-17(24)15(21)22/h6,8-9H,2-5,7H2,1H3,(H,21,22). The van der Waals surface area contributed by atoms with Crippen LogP contribution in [0.15, 0.2) is 6.07 Å². The summed E-state index contributed by atoms with van der Waals surface area (Å²) in [6, 6.07) is 1.14. The summed E-state index contributed by atoms with van der Waals surface area (Å²) in [6.07, 6.45) is 4.54. The van der Waals surface area contributed by atoms with Crippen LogP contribution in [-0.4, -0.2) is 29.6 Å². The van der Waals surface area contributed by atoms with Crippen molar-refractivity contribution in [1.29, 1.82) is 0 Å². The fourth-order valence-corrected chi connectivity index (χ4v) is 3.37. The van der Waals surface area contributed by atoms with E-state index in [1.807, 2.05) is 6.92 Å². The maximum Gasteiger partial charge on any atom is 0.422 e. The first-order valence-electron chi connectivity index (χ1n) is 8.00. The molecule has 142 valence electrons. The highest BCUT2D eigenvalue weighted by molar-refractivity contribution is 6.46. The van der Waals surface area contributed by atoms with Crippen LogP contribution < -0.4 is 4.74 Å². The Hall–Kier alpha value is -1.50. The molecule has 6 nitrogen and oxygen atoms in total. The van der Waals surface area contributed by atoms with E-state index in [2.05, 4.69) is 4.74 Å². The molecule has 0 aromatic heterocycles. The Bertz CT molecular complexity index is 730. The molecule has 9 heteroatoms. The maximum atomic E-state index is 12.5. The summed E-state index contributed by atoms with van der Waals surface area (Å²) in [6.45, 7) is 2.10. The first-order valence-corrected chi connectivity index (χ1v) is 9.13. The molecular formula is C17H17Cl3O6. The quantitative estimate of drug-likeness (QED) is 0.311. The predicted octanol–water partition coefficient (Wildman–Crippen LogP) is 4.62. The van der Waals surface area contributed by atoms with Crippen molar-refractivity contribution in [2.45, 2.75) is 32.6 Å². The molecule has 26 heavy (non-hydrogen) atoms. The lowest BCUT2D eigenvalue weighted by molar-refractivity contribution is -0.158. The second-order valence-corrected chi connectivity index (χ2v) is 7.48. The molecule has 0 amide bonds. The number of esters is 2. The van der Waals surface area contributed by atoms with Gasteiger partial charge in [0.05, 0.1) is 21.7 Å². The number of rotatable bonds is 6. The molecule has 0 bridgehead atoms. The summed E-state index contributed by atoms with van der Waals surface area (Å²) in [5.41, 5.74) is -0.380. The number of hydrogen-bond donors (Lipinski definition) is 1. The number of ether oxygens (including phenoxy) is 2. The van der Waals surface area contributed by atoms with Crippen molar-refractivity contribution in [2.75, 3.05) is 6.61 Å². The first-order chi connectivity index (χ1) is 12.2. The molecule has 1 aliphatic rings. The van der Waals surface area contributed by atoms with E-state index in [4.69, 9.17) is 44.6 Å². The molecule has 1 fully saturated rings. The Kier molecular flexibility index (Phi) is 7.15. The number of aliphatic carboxylic acids is 1. The average Bonchev–Trinajstić information content (AvgIpc) is 2.53. The van der Waals surface area contributed by atoms with Crippen LogP contribution in [0.5, 0.6) is 5.75 Å². The minimum Gasteiger partial charge on any atom is -0.473 e. The lowest BCUT2D eigenvalue weighted by Crippen LogP contribution is -2.22. The zero-order valence-corrected chi connectivity index (χ0v) is 16.2. The molecule has 1 saturated carbocycles. The average molecular weight is 424 g/mol. The molecule has 0 saturated heterocycles. The minimum absolute atomic E-state index is 0.0544. The van der Waals surface area contributed by atoms with Crippen LogP contribution in [0.25, 0.3) is 0 Å². The zero-order chi connectivity index (χ0) is 19.4. The molecule has 1 N–H and O–H groups in total. The molecule has 0 spiro atoms. The van der Waals surface area contributed by atoms with Gasteiger partial charge in [-0.15, -0.1) is 0 Å². The van der Waals surface area contributed by atoms with Crippen LogP contribution in [0.1, 0.15) is 43.0 Å². The van der Waals surface area contributed by atoms with Crippen molar-refractivity contribution in [1.82, 2.24) is 0 Å². The first kappa shape index (κ1) is 20.8. The van der Waals surface area contributed by atoms with Crippen LogP contribution in [0.3, 0.4) is 0 Å². The number of carboxylic acid groups (broad SMARTS) is 1. The van der Waals surface area contributed by atoms with Gasteiger partial charge in [0, 0.05) is 0 Å². The summed E-state index contributed by atoms with van der Waals surface area (Å²) in [7, 11) is 0. The molecule has 2 rings (SSSR count). The number of carboxylic acids is 1. The molecule has 1 aromatic carbocycles. The molecular weight excluding hydrogens is 407 g/mol. The largest absolute Gasteiger partial charge is 0.473 e. The van der Waals surface area contributed by atoms with E-state index in [1.54, 1.807) is 0 Å². The Morgan fingerprint density at radius 2 is 1.88 bits per heavy atom. The Morgan fingerprint density at radius 1 is 1.23 bits per heavy atom. The van der Waals surface area contributed by atoms with Crippen LogP contribution in [0, 0.1) is 11.8 Å². The number of carbonyl (C=O) groups is 3. The van der Waals surface area contributed by atoms with Gasteiger partial charge in [0.15, 0.2) is 5.75 Å². The summed E-state index contributed by atoms with van der Waals surface area (Å²) in [5, 5.41) is 8.16. The van der Waals surface area contributed by atoms with Crippen molar-refractivity contribution in [3.8, 4) is 5.75 Å². The lowest BCUT2D eigenvalue weighted by Gasteiger charge is -2.28. The van der Waals surface area contributed by atoms with Crippen LogP contribution in [-0.2, 0) is 14.3 Å². The van der Waals surface area contributed by atoms with Gasteiger partial charge in [-0.3, -0.25) is 0 Å². The van der Waals surface area contributed by atoms with Gasteiger partial charge in [0.1, 0.15) is 5.56 Å². The van der Waals surface area contributed by atoms with Crippen molar-refractivity contribution in [3.63, 3.8) is 0 Å². The van der Waals surface area contributed by atoms with Gasteiger partial charge >= 0.3 is 17.9 Å². The van der Waals surface area contributed by atoms with Crippen molar-refractivity contribution < 1.29 is 29.0 Å². The summed E-state index contributed by atoms with van der Waals surface area (Å²) in [5.74, 6) is -4.06. The fourth-order valence-electron chi connectivity index (χ4n) is 2.65. The number of hydrogen-bond acceptors (Lipinski definition) is 5. The third-order valence-electron chi connectivity index (χ3n) is 4.16. The van der Waals surface area contributed by atoms with E-state index in [0.29, 0.717) is 5.92 Å². The fraction of sp³-hybridized carbons (Fsp3) is 0.471.